The smallest absolute Gasteiger partial charge is 0.186 e. The second-order valence-electron chi connectivity index (χ2n) is 5.57. The third-order valence-corrected chi connectivity index (χ3v) is 5.27. The molecule has 0 bridgehead atoms. The highest BCUT2D eigenvalue weighted by Crippen LogP contribution is 2.38. The highest BCUT2D eigenvalue weighted by Gasteiger charge is 2.30. The molecule has 0 saturated carbocycles. The van der Waals surface area contributed by atoms with Crippen LogP contribution in [0.5, 0.6) is 0 Å². The average Bonchev–Trinajstić information content (AvgIpc) is 2.84. The number of ether oxygens (including phenoxy) is 1. The number of nitrogens with zero attached hydrogens (tertiary/aromatic N) is 2. The van der Waals surface area contributed by atoms with E-state index in [1.165, 1.54) is 4.88 Å². The van der Waals surface area contributed by atoms with Gasteiger partial charge in [0.05, 0.1) is 30.6 Å². The number of fused-ring (bicyclic) bond motifs is 1. The second kappa shape index (κ2) is 5.38. The molecule has 0 spiro atoms. The molecule has 5 heteroatoms. The fraction of sp³-hybridized carbons (Fsp3) is 0.786. The summed E-state index contributed by atoms with van der Waals surface area (Å²) in [6, 6.07) is 0.418. The van der Waals surface area contributed by atoms with Gasteiger partial charge in [0, 0.05) is 11.4 Å². The number of hydrogen-bond acceptors (Lipinski definition) is 5. The minimum Gasteiger partial charge on any atom is -0.387 e. The summed E-state index contributed by atoms with van der Waals surface area (Å²) in [6.07, 6.45) is 3.97. The lowest BCUT2D eigenvalue weighted by Gasteiger charge is -2.38. The van der Waals surface area contributed by atoms with Crippen LogP contribution in [0.4, 0.5) is 5.13 Å². The van der Waals surface area contributed by atoms with E-state index < -0.39 is 0 Å². The fourth-order valence-electron chi connectivity index (χ4n) is 2.92. The molecule has 0 amide bonds. The number of aromatic nitrogens is 1. The maximum Gasteiger partial charge on any atom is 0.186 e. The quantitative estimate of drug-likeness (QED) is 0.905. The summed E-state index contributed by atoms with van der Waals surface area (Å²) < 4.78 is 5.74. The van der Waals surface area contributed by atoms with Gasteiger partial charge in [0.2, 0.25) is 0 Å². The Labute approximate surface area is 118 Å². The summed E-state index contributed by atoms with van der Waals surface area (Å²) in [5, 5.41) is 11.1. The van der Waals surface area contributed by atoms with Crippen molar-refractivity contribution in [2.75, 3.05) is 18.1 Å². The van der Waals surface area contributed by atoms with Crippen LogP contribution < -0.4 is 4.90 Å². The Balaban J connectivity index is 1.88. The molecule has 2 aliphatic rings. The molecule has 1 aromatic heterocycles. The van der Waals surface area contributed by atoms with Gasteiger partial charge < -0.3 is 14.7 Å². The Morgan fingerprint density at radius 3 is 3.11 bits per heavy atom. The van der Waals surface area contributed by atoms with Crippen molar-refractivity contribution in [2.45, 2.75) is 57.8 Å². The van der Waals surface area contributed by atoms with Gasteiger partial charge in [0.25, 0.3) is 0 Å². The van der Waals surface area contributed by atoms with Crippen LogP contribution in [0.1, 0.15) is 49.8 Å². The summed E-state index contributed by atoms with van der Waals surface area (Å²) in [5.41, 5.74) is 0.931. The highest BCUT2D eigenvalue weighted by molar-refractivity contribution is 7.15. The fourth-order valence-corrected chi connectivity index (χ4v) is 4.16. The van der Waals surface area contributed by atoms with Crippen LogP contribution in [0.3, 0.4) is 0 Å². The lowest BCUT2D eigenvalue weighted by atomic mass is 10.0. The molecular weight excluding hydrogens is 260 g/mol. The largest absolute Gasteiger partial charge is 0.387 e. The zero-order chi connectivity index (χ0) is 13.4. The van der Waals surface area contributed by atoms with Gasteiger partial charge in [0.15, 0.2) is 5.13 Å². The Bertz CT molecular complexity index is 449. The Kier molecular flexibility index (Phi) is 3.78. The van der Waals surface area contributed by atoms with E-state index in [1.807, 2.05) is 0 Å². The monoisotopic (exact) mass is 282 g/mol. The molecular formula is C14H22N2O2S. The average molecular weight is 282 g/mol. The predicted molar refractivity (Wildman–Crippen MR) is 76.9 cm³/mol. The first-order valence-electron chi connectivity index (χ1n) is 7.25. The van der Waals surface area contributed by atoms with Crippen LogP contribution in [0.25, 0.3) is 0 Å². The molecule has 3 unspecified atom stereocenters. The number of hydrogen-bond donors (Lipinski definition) is 1. The molecule has 4 nitrogen and oxygen atoms in total. The Morgan fingerprint density at radius 1 is 1.53 bits per heavy atom. The molecule has 3 atom stereocenters. The van der Waals surface area contributed by atoms with Crippen LogP contribution in [0.15, 0.2) is 0 Å². The molecule has 0 aromatic carbocycles. The lowest BCUT2D eigenvalue weighted by molar-refractivity contribution is 0.0299. The first-order valence-corrected chi connectivity index (χ1v) is 8.06. The highest BCUT2D eigenvalue weighted by atomic mass is 32.1. The van der Waals surface area contributed by atoms with Crippen LogP contribution in [0, 0.1) is 0 Å². The maximum absolute atomic E-state index is 10.0. The first kappa shape index (κ1) is 13.3. The van der Waals surface area contributed by atoms with Crippen molar-refractivity contribution in [3.05, 3.63) is 10.6 Å². The van der Waals surface area contributed by atoms with Gasteiger partial charge in [-0.1, -0.05) is 6.92 Å². The molecule has 1 saturated heterocycles. The van der Waals surface area contributed by atoms with Gasteiger partial charge in [-0.05, 0) is 32.6 Å². The predicted octanol–water partition coefficient (Wildman–Crippen LogP) is 2.52. The topological polar surface area (TPSA) is 45.6 Å². The number of morpholine rings is 1. The van der Waals surface area contributed by atoms with E-state index in [-0.39, 0.29) is 12.2 Å². The number of anilines is 1. The molecule has 2 heterocycles. The number of thiazole rings is 1. The van der Waals surface area contributed by atoms with Crippen molar-refractivity contribution in [3.63, 3.8) is 0 Å². The van der Waals surface area contributed by atoms with Crippen molar-refractivity contribution in [1.82, 2.24) is 4.98 Å². The van der Waals surface area contributed by atoms with Crippen LogP contribution in [-0.2, 0) is 11.2 Å². The van der Waals surface area contributed by atoms with Gasteiger partial charge in [-0.2, -0.15) is 0 Å². The maximum atomic E-state index is 10.0. The summed E-state index contributed by atoms with van der Waals surface area (Å²) in [6.45, 7) is 5.99. The summed E-state index contributed by atoms with van der Waals surface area (Å²) in [7, 11) is 0. The minimum absolute atomic E-state index is 0.258. The first-order chi connectivity index (χ1) is 9.19. The zero-order valence-electron chi connectivity index (χ0n) is 11.6. The summed E-state index contributed by atoms with van der Waals surface area (Å²) >= 11 is 1.77. The van der Waals surface area contributed by atoms with Gasteiger partial charge in [-0.3, -0.25) is 0 Å². The van der Waals surface area contributed by atoms with E-state index in [9.17, 15) is 5.11 Å². The third kappa shape index (κ3) is 2.51. The SMILES string of the molecule is CCC1COC(C)CN1c1nc2c(s1)CCCC2O. The van der Waals surface area contributed by atoms with Gasteiger partial charge in [-0.15, -0.1) is 11.3 Å². The number of rotatable bonds is 2. The summed E-state index contributed by atoms with van der Waals surface area (Å²) in [4.78, 5) is 8.39. The second-order valence-corrected chi connectivity index (χ2v) is 6.63. The third-order valence-electron chi connectivity index (χ3n) is 4.10. The normalized spacial score (nSPS) is 31.3. The van der Waals surface area contributed by atoms with Crippen LogP contribution in [-0.4, -0.2) is 35.4 Å². The van der Waals surface area contributed by atoms with Crippen molar-refractivity contribution in [2.24, 2.45) is 0 Å². The molecule has 106 valence electrons. The summed E-state index contributed by atoms with van der Waals surface area (Å²) in [5.74, 6) is 0. The Hall–Kier alpha value is -0.650. The number of aryl methyl sites for hydroxylation is 1. The van der Waals surface area contributed by atoms with Crippen molar-refractivity contribution < 1.29 is 9.84 Å². The van der Waals surface area contributed by atoms with E-state index in [4.69, 9.17) is 9.72 Å². The lowest BCUT2D eigenvalue weighted by Crippen LogP contribution is -2.48. The zero-order valence-corrected chi connectivity index (χ0v) is 12.4. The van der Waals surface area contributed by atoms with Crippen molar-refractivity contribution in [1.29, 1.82) is 0 Å². The molecule has 1 aromatic rings. The molecule has 1 N–H and O–H groups in total. The minimum atomic E-state index is -0.354. The van der Waals surface area contributed by atoms with E-state index in [1.54, 1.807) is 11.3 Å². The van der Waals surface area contributed by atoms with Crippen LogP contribution in [0.2, 0.25) is 0 Å². The molecule has 0 radical (unpaired) electrons. The van der Waals surface area contributed by atoms with E-state index in [2.05, 4.69) is 18.7 Å². The van der Waals surface area contributed by atoms with Gasteiger partial charge >= 0.3 is 0 Å². The van der Waals surface area contributed by atoms with Gasteiger partial charge in [-0.25, -0.2) is 4.98 Å². The number of aliphatic hydroxyl groups excluding tert-OH is 1. The Morgan fingerprint density at radius 2 is 2.37 bits per heavy atom. The standard InChI is InChI=1S/C14H22N2O2S/c1-3-10-8-18-9(2)7-16(10)14-15-13-11(17)5-4-6-12(13)19-14/h9-11,17H,3-8H2,1-2H3. The molecule has 1 fully saturated rings. The van der Waals surface area contributed by atoms with Crippen molar-refractivity contribution in [3.8, 4) is 0 Å². The molecule has 1 aliphatic heterocycles. The van der Waals surface area contributed by atoms with E-state index in [0.717, 1.165) is 49.7 Å². The van der Waals surface area contributed by atoms with E-state index in [0.29, 0.717) is 6.04 Å². The molecule has 1 aliphatic carbocycles. The number of aliphatic hydroxyl groups is 1. The van der Waals surface area contributed by atoms with Crippen molar-refractivity contribution >= 4 is 16.5 Å². The van der Waals surface area contributed by atoms with E-state index >= 15 is 0 Å². The van der Waals surface area contributed by atoms with Gasteiger partial charge in [0.1, 0.15) is 0 Å². The molecule has 19 heavy (non-hydrogen) atoms. The molecule has 3 rings (SSSR count). The van der Waals surface area contributed by atoms with Crippen LogP contribution >= 0.6 is 11.3 Å².